The molecule has 1 amide bonds. The normalized spacial score (nSPS) is 19.1. The Morgan fingerprint density at radius 3 is 2.55 bits per heavy atom. The molecule has 0 bridgehead atoms. The lowest BCUT2D eigenvalue weighted by Crippen LogP contribution is -2.54. The highest BCUT2D eigenvalue weighted by Gasteiger charge is 2.27. The highest BCUT2D eigenvalue weighted by Crippen LogP contribution is 2.23. The monoisotopic (exact) mass is 280 g/mol. The first-order valence-corrected chi connectivity index (χ1v) is 6.56. The minimum absolute atomic E-state index is 0.0388. The number of anilines is 1. The van der Waals surface area contributed by atoms with Crippen LogP contribution in [0.1, 0.15) is 13.8 Å². The van der Waals surface area contributed by atoms with Crippen LogP contribution < -0.4 is 4.90 Å². The van der Waals surface area contributed by atoms with E-state index >= 15 is 0 Å². The van der Waals surface area contributed by atoms with E-state index in [0.717, 1.165) is 6.07 Å². The van der Waals surface area contributed by atoms with Crippen molar-refractivity contribution in [3.05, 3.63) is 42.0 Å². The summed E-state index contributed by atoms with van der Waals surface area (Å²) in [6.45, 7) is 8.99. The standard InChI is InChI=1S/C15H18F2N2O/c1-10(2)15(20)18-6-7-19(11(3)9-18)12-4-5-13(16)14(17)8-12/h4-5,8,11H,1,6-7,9H2,2-3H3/t11-/m0/s1. The van der Waals surface area contributed by atoms with E-state index in [4.69, 9.17) is 0 Å². The molecule has 1 aliphatic rings. The molecule has 20 heavy (non-hydrogen) atoms. The summed E-state index contributed by atoms with van der Waals surface area (Å²) < 4.78 is 26.3. The number of hydrogen-bond donors (Lipinski definition) is 0. The van der Waals surface area contributed by atoms with Gasteiger partial charge in [-0.05, 0) is 26.0 Å². The van der Waals surface area contributed by atoms with Gasteiger partial charge in [-0.15, -0.1) is 0 Å². The van der Waals surface area contributed by atoms with Crippen molar-refractivity contribution in [2.45, 2.75) is 19.9 Å². The molecule has 0 aliphatic carbocycles. The maximum absolute atomic E-state index is 13.3. The Kier molecular flexibility index (Phi) is 4.06. The Balaban J connectivity index is 2.12. The van der Waals surface area contributed by atoms with E-state index in [1.807, 2.05) is 11.8 Å². The molecule has 1 aliphatic heterocycles. The van der Waals surface area contributed by atoms with Crippen molar-refractivity contribution in [1.82, 2.24) is 4.90 Å². The number of halogens is 2. The highest BCUT2D eigenvalue weighted by atomic mass is 19.2. The SMILES string of the molecule is C=C(C)C(=O)N1CCN(c2ccc(F)c(F)c2)[C@@H](C)C1. The van der Waals surface area contributed by atoms with Crippen LogP contribution in [-0.2, 0) is 4.79 Å². The Morgan fingerprint density at radius 2 is 2.00 bits per heavy atom. The molecule has 108 valence electrons. The number of nitrogens with zero attached hydrogens (tertiary/aromatic N) is 2. The molecule has 0 saturated carbocycles. The molecule has 1 aromatic rings. The molecule has 1 aromatic carbocycles. The second-order valence-corrected chi connectivity index (χ2v) is 5.17. The van der Waals surface area contributed by atoms with Crippen LogP contribution in [0.5, 0.6) is 0 Å². The lowest BCUT2D eigenvalue weighted by atomic mass is 10.1. The third kappa shape index (κ3) is 2.81. The predicted molar refractivity (Wildman–Crippen MR) is 74.6 cm³/mol. The Hall–Kier alpha value is -1.91. The Bertz CT molecular complexity index is 545. The Morgan fingerprint density at radius 1 is 1.30 bits per heavy atom. The van der Waals surface area contributed by atoms with Crippen molar-refractivity contribution in [3.63, 3.8) is 0 Å². The largest absolute Gasteiger partial charge is 0.365 e. The van der Waals surface area contributed by atoms with Crippen LogP contribution >= 0.6 is 0 Å². The molecular formula is C15H18F2N2O. The summed E-state index contributed by atoms with van der Waals surface area (Å²) >= 11 is 0. The van der Waals surface area contributed by atoms with E-state index in [1.54, 1.807) is 17.9 Å². The zero-order valence-electron chi connectivity index (χ0n) is 11.7. The third-order valence-corrected chi connectivity index (χ3v) is 3.51. The van der Waals surface area contributed by atoms with Crippen LogP contribution in [-0.4, -0.2) is 36.5 Å². The fourth-order valence-corrected chi connectivity index (χ4v) is 2.46. The van der Waals surface area contributed by atoms with Gasteiger partial charge in [0.15, 0.2) is 11.6 Å². The van der Waals surface area contributed by atoms with Crippen molar-refractivity contribution < 1.29 is 13.6 Å². The smallest absolute Gasteiger partial charge is 0.249 e. The molecule has 0 aromatic heterocycles. The summed E-state index contributed by atoms with van der Waals surface area (Å²) in [6, 6.07) is 3.92. The van der Waals surface area contributed by atoms with Gasteiger partial charge in [0, 0.05) is 43.0 Å². The number of piperazine rings is 1. The second kappa shape index (κ2) is 5.61. The number of benzene rings is 1. The van der Waals surface area contributed by atoms with Gasteiger partial charge in [0.2, 0.25) is 5.91 Å². The van der Waals surface area contributed by atoms with E-state index in [2.05, 4.69) is 6.58 Å². The summed E-state index contributed by atoms with van der Waals surface area (Å²) in [5.41, 5.74) is 1.15. The number of hydrogen-bond acceptors (Lipinski definition) is 2. The summed E-state index contributed by atoms with van der Waals surface area (Å²) in [7, 11) is 0. The van der Waals surface area contributed by atoms with E-state index in [1.165, 1.54) is 6.07 Å². The van der Waals surface area contributed by atoms with Crippen molar-refractivity contribution in [3.8, 4) is 0 Å². The zero-order valence-corrected chi connectivity index (χ0v) is 11.7. The van der Waals surface area contributed by atoms with E-state index in [-0.39, 0.29) is 11.9 Å². The van der Waals surface area contributed by atoms with Gasteiger partial charge in [0.05, 0.1) is 0 Å². The summed E-state index contributed by atoms with van der Waals surface area (Å²) in [6.07, 6.45) is 0. The minimum atomic E-state index is -0.852. The average Bonchev–Trinajstić information content (AvgIpc) is 2.41. The van der Waals surface area contributed by atoms with Gasteiger partial charge in [0.25, 0.3) is 0 Å². The van der Waals surface area contributed by atoms with Crippen molar-refractivity contribution >= 4 is 11.6 Å². The van der Waals surface area contributed by atoms with Crippen LogP contribution in [0.2, 0.25) is 0 Å². The molecule has 0 N–H and O–H groups in total. The maximum atomic E-state index is 13.3. The maximum Gasteiger partial charge on any atom is 0.249 e. The van der Waals surface area contributed by atoms with Crippen molar-refractivity contribution in [2.24, 2.45) is 0 Å². The number of carbonyl (C=O) groups excluding carboxylic acids is 1. The lowest BCUT2D eigenvalue weighted by molar-refractivity contribution is -0.127. The first-order valence-electron chi connectivity index (χ1n) is 6.56. The topological polar surface area (TPSA) is 23.6 Å². The zero-order chi connectivity index (χ0) is 14.9. The minimum Gasteiger partial charge on any atom is -0.365 e. The van der Waals surface area contributed by atoms with E-state index in [9.17, 15) is 13.6 Å². The fourth-order valence-electron chi connectivity index (χ4n) is 2.46. The third-order valence-electron chi connectivity index (χ3n) is 3.51. The second-order valence-electron chi connectivity index (χ2n) is 5.17. The molecule has 2 rings (SSSR count). The molecule has 1 saturated heterocycles. The lowest BCUT2D eigenvalue weighted by Gasteiger charge is -2.41. The van der Waals surface area contributed by atoms with Crippen molar-refractivity contribution in [2.75, 3.05) is 24.5 Å². The Labute approximate surface area is 117 Å². The summed E-state index contributed by atoms with van der Waals surface area (Å²) in [5, 5.41) is 0. The molecule has 0 radical (unpaired) electrons. The number of rotatable bonds is 2. The van der Waals surface area contributed by atoms with E-state index < -0.39 is 11.6 Å². The van der Waals surface area contributed by atoms with Gasteiger partial charge >= 0.3 is 0 Å². The first kappa shape index (κ1) is 14.5. The molecular weight excluding hydrogens is 262 g/mol. The van der Waals surface area contributed by atoms with Crippen LogP contribution in [0.4, 0.5) is 14.5 Å². The molecule has 0 spiro atoms. The van der Waals surface area contributed by atoms with Gasteiger partial charge in [-0.1, -0.05) is 6.58 Å². The molecule has 3 nitrogen and oxygen atoms in total. The number of carbonyl (C=O) groups is 1. The van der Waals surface area contributed by atoms with Crippen LogP contribution in [0.15, 0.2) is 30.4 Å². The fraction of sp³-hybridized carbons (Fsp3) is 0.400. The predicted octanol–water partition coefficient (Wildman–Crippen LogP) is 2.58. The van der Waals surface area contributed by atoms with Crippen LogP contribution in [0.25, 0.3) is 0 Å². The van der Waals surface area contributed by atoms with Gasteiger partial charge in [0.1, 0.15) is 0 Å². The van der Waals surface area contributed by atoms with Gasteiger partial charge in [-0.25, -0.2) is 8.78 Å². The summed E-state index contributed by atoms with van der Waals surface area (Å²) in [5.74, 6) is -1.76. The van der Waals surface area contributed by atoms with Crippen molar-refractivity contribution in [1.29, 1.82) is 0 Å². The average molecular weight is 280 g/mol. The van der Waals surface area contributed by atoms with Gasteiger partial charge < -0.3 is 9.80 Å². The first-order chi connectivity index (χ1) is 9.40. The molecule has 0 unspecified atom stereocenters. The van der Waals surface area contributed by atoms with Crippen LogP contribution in [0, 0.1) is 11.6 Å². The van der Waals surface area contributed by atoms with E-state index in [0.29, 0.717) is 30.9 Å². The van der Waals surface area contributed by atoms with Gasteiger partial charge in [-0.3, -0.25) is 4.79 Å². The number of amides is 1. The molecule has 5 heteroatoms. The van der Waals surface area contributed by atoms with Gasteiger partial charge in [-0.2, -0.15) is 0 Å². The summed E-state index contributed by atoms with van der Waals surface area (Å²) in [4.78, 5) is 15.6. The quantitative estimate of drug-likeness (QED) is 0.777. The molecule has 1 atom stereocenters. The molecule has 1 heterocycles. The van der Waals surface area contributed by atoms with Crippen LogP contribution in [0.3, 0.4) is 0 Å². The highest BCUT2D eigenvalue weighted by molar-refractivity contribution is 5.92. The molecule has 1 fully saturated rings.